The van der Waals surface area contributed by atoms with Gasteiger partial charge in [-0.25, -0.2) is 4.39 Å². The standard InChI is InChI=1S/C21H26FNO3/c1-2-8-21(25)26-16-19(24)15-23(13-17-9-4-3-5-10-17)14-18-11-6-7-12-20(18)22/h3-7,9-12,19,24H,2,8,13-16H2,1H3/t19-/m0/s1. The van der Waals surface area contributed by atoms with Gasteiger partial charge in [0.2, 0.25) is 0 Å². The number of aliphatic hydroxyl groups excluding tert-OH is 1. The number of benzene rings is 2. The fraction of sp³-hybridized carbons (Fsp3) is 0.381. The maximum Gasteiger partial charge on any atom is 0.305 e. The van der Waals surface area contributed by atoms with E-state index in [0.29, 0.717) is 31.5 Å². The van der Waals surface area contributed by atoms with Crippen molar-refractivity contribution in [3.05, 3.63) is 71.5 Å². The molecule has 0 saturated heterocycles. The van der Waals surface area contributed by atoms with E-state index in [0.717, 1.165) is 5.56 Å². The zero-order chi connectivity index (χ0) is 18.8. The molecule has 140 valence electrons. The van der Waals surface area contributed by atoms with Crippen molar-refractivity contribution >= 4 is 5.97 Å². The van der Waals surface area contributed by atoms with Crippen molar-refractivity contribution in [3.63, 3.8) is 0 Å². The van der Waals surface area contributed by atoms with Crippen molar-refractivity contribution < 1.29 is 19.0 Å². The van der Waals surface area contributed by atoms with E-state index in [4.69, 9.17) is 4.74 Å². The molecule has 0 bridgehead atoms. The van der Waals surface area contributed by atoms with E-state index in [-0.39, 0.29) is 24.9 Å². The smallest absolute Gasteiger partial charge is 0.305 e. The largest absolute Gasteiger partial charge is 0.463 e. The molecule has 0 amide bonds. The molecule has 1 atom stereocenters. The van der Waals surface area contributed by atoms with Gasteiger partial charge in [0, 0.05) is 31.6 Å². The summed E-state index contributed by atoms with van der Waals surface area (Å²) in [6.45, 7) is 3.05. The van der Waals surface area contributed by atoms with Gasteiger partial charge in [0.1, 0.15) is 18.5 Å². The van der Waals surface area contributed by atoms with Crippen molar-refractivity contribution in [2.45, 2.75) is 39.0 Å². The van der Waals surface area contributed by atoms with Crippen LogP contribution in [-0.4, -0.2) is 35.2 Å². The average Bonchev–Trinajstić information content (AvgIpc) is 2.63. The summed E-state index contributed by atoms with van der Waals surface area (Å²) < 4.78 is 19.1. The van der Waals surface area contributed by atoms with E-state index in [2.05, 4.69) is 0 Å². The monoisotopic (exact) mass is 359 g/mol. The quantitative estimate of drug-likeness (QED) is 0.660. The van der Waals surface area contributed by atoms with Crippen LogP contribution in [0.4, 0.5) is 4.39 Å². The Hall–Kier alpha value is -2.24. The SMILES string of the molecule is CCCC(=O)OC[C@@H](O)CN(Cc1ccccc1)Cc1ccccc1F. The number of hydrogen-bond donors (Lipinski definition) is 1. The molecule has 0 fully saturated rings. The number of carbonyl (C=O) groups excluding carboxylic acids is 1. The molecule has 4 nitrogen and oxygen atoms in total. The summed E-state index contributed by atoms with van der Waals surface area (Å²) in [5.74, 6) is -0.579. The molecular weight excluding hydrogens is 333 g/mol. The van der Waals surface area contributed by atoms with Crippen LogP contribution in [-0.2, 0) is 22.6 Å². The first kappa shape index (κ1) is 20.1. The van der Waals surface area contributed by atoms with E-state index in [1.165, 1.54) is 6.07 Å². The Morgan fingerprint density at radius 1 is 1.12 bits per heavy atom. The molecule has 1 N–H and O–H groups in total. The highest BCUT2D eigenvalue weighted by atomic mass is 19.1. The minimum atomic E-state index is -0.828. The highest BCUT2D eigenvalue weighted by molar-refractivity contribution is 5.69. The molecule has 26 heavy (non-hydrogen) atoms. The lowest BCUT2D eigenvalue weighted by molar-refractivity contribution is -0.147. The summed E-state index contributed by atoms with van der Waals surface area (Å²) in [7, 11) is 0. The minimum absolute atomic E-state index is 0.0542. The maximum absolute atomic E-state index is 14.0. The van der Waals surface area contributed by atoms with Gasteiger partial charge in [0.15, 0.2) is 0 Å². The van der Waals surface area contributed by atoms with Crippen LogP contribution in [0.15, 0.2) is 54.6 Å². The van der Waals surface area contributed by atoms with Crippen molar-refractivity contribution in [2.75, 3.05) is 13.2 Å². The zero-order valence-electron chi connectivity index (χ0n) is 15.1. The Morgan fingerprint density at radius 3 is 2.50 bits per heavy atom. The van der Waals surface area contributed by atoms with Crippen molar-refractivity contribution in [3.8, 4) is 0 Å². The number of rotatable bonds is 10. The molecule has 2 aromatic carbocycles. The highest BCUT2D eigenvalue weighted by Gasteiger charge is 2.16. The number of hydrogen-bond acceptors (Lipinski definition) is 4. The van der Waals surface area contributed by atoms with Gasteiger partial charge in [-0.2, -0.15) is 0 Å². The fourth-order valence-electron chi connectivity index (χ4n) is 2.71. The van der Waals surface area contributed by atoms with Gasteiger partial charge in [-0.3, -0.25) is 9.69 Å². The Kier molecular flexibility index (Phi) is 8.25. The summed E-state index contributed by atoms with van der Waals surface area (Å²) in [4.78, 5) is 13.4. The molecule has 0 heterocycles. The van der Waals surface area contributed by atoms with E-state index in [1.807, 2.05) is 42.2 Å². The van der Waals surface area contributed by atoms with Crippen LogP contribution >= 0.6 is 0 Å². The minimum Gasteiger partial charge on any atom is -0.463 e. The summed E-state index contributed by atoms with van der Waals surface area (Å²) in [6.07, 6.45) is 0.226. The normalized spacial score (nSPS) is 12.2. The number of carbonyl (C=O) groups is 1. The van der Waals surface area contributed by atoms with Gasteiger partial charge in [0.05, 0.1) is 0 Å². The van der Waals surface area contributed by atoms with Gasteiger partial charge < -0.3 is 9.84 Å². The number of aliphatic hydroxyl groups is 1. The lowest BCUT2D eigenvalue weighted by atomic mass is 10.1. The zero-order valence-corrected chi connectivity index (χ0v) is 15.1. The molecule has 0 aliphatic heterocycles. The second-order valence-corrected chi connectivity index (χ2v) is 6.33. The Labute approximate surface area is 154 Å². The Morgan fingerprint density at radius 2 is 1.81 bits per heavy atom. The van der Waals surface area contributed by atoms with Crippen LogP contribution in [0.25, 0.3) is 0 Å². The molecule has 0 spiro atoms. The Balaban J connectivity index is 2.00. The van der Waals surface area contributed by atoms with Crippen LogP contribution < -0.4 is 0 Å². The van der Waals surface area contributed by atoms with E-state index >= 15 is 0 Å². The molecule has 0 aromatic heterocycles. The van der Waals surface area contributed by atoms with Gasteiger partial charge in [0.25, 0.3) is 0 Å². The second-order valence-electron chi connectivity index (χ2n) is 6.33. The molecule has 2 aromatic rings. The number of ether oxygens (including phenoxy) is 1. The first-order valence-corrected chi connectivity index (χ1v) is 8.92. The van der Waals surface area contributed by atoms with Gasteiger partial charge >= 0.3 is 5.97 Å². The Bertz CT molecular complexity index is 678. The van der Waals surface area contributed by atoms with E-state index in [9.17, 15) is 14.3 Å². The molecule has 5 heteroatoms. The summed E-state index contributed by atoms with van der Waals surface area (Å²) in [5, 5.41) is 10.2. The lowest BCUT2D eigenvalue weighted by Crippen LogP contribution is -2.35. The second kappa shape index (κ2) is 10.7. The van der Waals surface area contributed by atoms with E-state index < -0.39 is 6.10 Å². The third-order valence-corrected chi connectivity index (χ3v) is 3.96. The van der Waals surface area contributed by atoms with Gasteiger partial charge in [-0.15, -0.1) is 0 Å². The molecule has 0 aliphatic rings. The number of esters is 1. The van der Waals surface area contributed by atoms with Crippen LogP contribution in [0.5, 0.6) is 0 Å². The molecule has 0 unspecified atom stereocenters. The molecule has 0 aliphatic carbocycles. The fourth-order valence-corrected chi connectivity index (χ4v) is 2.71. The molecule has 0 saturated carbocycles. The van der Waals surface area contributed by atoms with Crippen molar-refractivity contribution in [1.29, 1.82) is 0 Å². The first-order valence-electron chi connectivity index (χ1n) is 8.92. The average molecular weight is 359 g/mol. The van der Waals surface area contributed by atoms with Crippen LogP contribution in [0.1, 0.15) is 30.9 Å². The summed E-state index contributed by atoms with van der Waals surface area (Å²) in [6, 6.07) is 16.4. The summed E-state index contributed by atoms with van der Waals surface area (Å²) in [5.41, 5.74) is 1.64. The summed E-state index contributed by atoms with van der Waals surface area (Å²) >= 11 is 0. The van der Waals surface area contributed by atoms with Crippen LogP contribution in [0.3, 0.4) is 0 Å². The predicted molar refractivity (Wildman–Crippen MR) is 98.8 cm³/mol. The van der Waals surface area contributed by atoms with Crippen LogP contribution in [0, 0.1) is 5.82 Å². The molecule has 2 rings (SSSR count). The van der Waals surface area contributed by atoms with Crippen molar-refractivity contribution in [2.24, 2.45) is 0 Å². The predicted octanol–water partition coefficient (Wildman–Crippen LogP) is 3.53. The highest BCUT2D eigenvalue weighted by Crippen LogP contribution is 2.14. The number of halogens is 1. The van der Waals surface area contributed by atoms with Crippen LogP contribution in [0.2, 0.25) is 0 Å². The topological polar surface area (TPSA) is 49.8 Å². The van der Waals surface area contributed by atoms with E-state index in [1.54, 1.807) is 18.2 Å². The molecular formula is C21H26FNO3. The maximum atomic E-state index is 14.0. The third-order valence-electron chi connectivity index (χ3n) is 3.96. The third kappa shape index (κ3) is 6.94. The molecule has 0 radical (unpaired) electrons. The van der Waals surface area contributed by atoms with Crippen molar-refractivity contribution in [1.82, 2.24) is 4.90 Å². The lowest BCUT2D eigenvalue weighted by Gasteiger charge is -2.25. The van der Waals surface area contributed by atoms with Gasteiger partial charge in [-0.1, -0.05) is 55.5 Å². The van der Waals surface area contributed by atoms with Gasteiger partial charge in [-0.05, 0) is 18.1 Å². The number of nitrogens with zero attached hydrogens (tertiary/aromatic N) is 1. The first-order chi connectivity index (χ1) is 12.6.